The first-order valence-electron chi connectivity index (χ1n) is 7.94. The number of para-hydroxylation sites is 1. The summed E-state index contributed by atoms with van der Waals surface area (Å²) < 4.78 is 1.82. The van der Waals surface area contributed by atoms with Gasteiger partial charge in [0.05, 0.1) is 11.3 Å². The first kappa shape index (κ1) is 13.9. The van der Waals surface area contributed by atoms with Crippen molar-refractivity contribution in [2.24, 2.45) is 0 Å². The molecule has 0 spiro atoms. The fraction of sp³-hybridized carbons (Fsp3) is 0.312. The maximum Gasteiger partial charge on any atom is 0.191 e. The Morgan fingerprint density at radius 2 is 2.08 bits per heavy atom. The van der Waals surface area contributed by atoms with Crippen LogP contribution in [-0.2, 0) is 5.75 Å². The number of rotatable bonds is 4. The van der Waals surface area contributed by atoms with Crippen molar-refractivity contribution < 1.29 is 0 Å². The Bertz CT molecular complexity index is 1050. The molecule has 0 unspecified atom stereocenters. The number of thioether (sulfide) groups is 1. The molecule has 5 rings (SSSR count). The molecule has 24 heavy (non-hydrogen) atoms. The molecular formula is C16H15N7S. The Morgan fingerprint density at radius 3 is 2.96 bits per heavy atom. The van der Waals surface area contributed by atoms with Crippen LogP contribution in [0.25, 0.3) is 16.6 Å². The standard InChI is InChI=1S/C16H15N7S/c1-9-17-15-11-4-2-3-5-12(11)18-16(23(15)22-9)24-8-13-19-14(21-20-13)10-6-7-10/h2-5,10H,6-8H2,1H3,(H,19,20,21). The third kappa shape index (κ3) is 2.34. The average Bonchev–Trinajstić information content (AvgIpc) is 3.20. The summed E-state index contributed by atoms with van der Waals surface area (Å²) in [6.07, 6.45) is 2.41. The second-order valence-electron chi connectivity index (χ2n) is 6.01. The van der Waals surface area contributed by atoms with E-state index in [-0.39, 0.29) is 0 Å². The number of nitrogens with zero attached hydrogens (tertiary/aromatic N) is 6. The van der Waals surface area contributed by atoms with Crippen molar-refractivity contribution in [3.05, 3.63) is 41.7 Å². The monoisotopic (exact) mass is 337 g/mol. The molecule has 7 nitrogen and oxygen atoms in total. The van der Waals surface area contributed by atoms with Crippen LogP contribution in [0.3, 0.4) is 0 Å². The molecular weight excluding hydrogens is 322 g/mol. The zero-order chi connectivity index (χ0) is 16.1. The van der Waals surface area contributed by atoms with Gasteiger partial charge in [-0.1, -0.05) is 23.9 Å². The second-order valence-corrected chi connectivity index (χ2v) is 6.95. The highest BCUT2D eigenvalue weighted by Gasteiger charge is 2.27. The van der Waals surface area contributed by atoms with Crippen LogP contribution in [0.15, 0.2) is 29.4 Å². The van der Waals surface area contributed by atoms with Crippen LogP contribution in [-0.4, -0.2) is 34.8 Å². The number of nitrogens with one attached hydrogen (secondary N) is 1. The summed E-state index contributed by atoms with van der Waals surface area (Å²) in [7, 11) is 0. The van der Waals surface area contributed by atoms with E-state index in [0.717, 1.165) is 39.2 Å². The molecule has 0 amide bonds. The summed E-state index contributed by atoms with van der Waals surface area (Å²) in [6, 6.07) is 8.01. The number of hydrogen-bond donors (Lipinski definition) is 1. The fourth-order valence-corrected chi connectivity index (χ4v) is 3.57. The zero-order valence-corrected chi connectivity index (χ0v) is 13.9. The Hall–Kier alpha value is -2.48. The van der Waals surface area contributed by atoms with E-state index in [1.54, 1.807) is 11.8 Å². The minimum Gasteiger partial charge on any atom is -0.262 e. The van der Waals surface area contributed by atoms with Gasteiger partial charge in [0.2, 0.25) is 0 Å². The van der Waals surface area contributed by atoms with Crippen LogP contribution >= 0.6 is 11.8 Å². The Morgan fingerprint density at radius 1 is 1.21 bits per heavy atom. The molecule has 1 aromatic carbocycles. The minimum absolute atomic E-state index is 0.559. The molecule has 0 bridgehead atoms. The first-order chi connectivity index (χ1) is 11.8. The van der Waals surface area contributed by atoms with Gasteiger partial charge in [-0.05, 0) is 31.9 Å². The van der Waals surface area contributed by atoms with Gasteiger partial charge >= 0.3 is 0 Å². The lowest BCUT2D eigenvalue weighted by molar-refractivity contribution is 0.796. The van der Waals surface area contributed by atoms with Gasteiger partial charge < -0.3 is 0 Å². The number of aromatic amines is 1. The summed E-state index contributed by atoms with van der Waals surface area (Å²) in [4.78, 5) is 13.9. The number of benzene rings is 1. The van der Waals surface area contributed by atoms with Crippen molar-refractivity contribution in [2.75, 3.05) is 0 Å². The topological polar surface area (TPSA) is 84.6 Å². The first-order valence-corrected chi connectivity index (χ1v) is 8.92. The van der Waals surface area contributed by atoms with E-state index in [2.05, 4.69) is 25.3 Å². The van der Waals surface area contributed by atoms with Gasteiger partial charge in [0, 0.05) is 11.3 Å². The van der Waals surface area contributed by atoms with E-state index < -0.39 is 0 Å². The molecule has 0 atom stereocenters. The van der Waals surface area contributed by atoms with Crippen molar-refractivity contribution in [1.82, 2.24) is 34.8 Å². The molecule has 120 valence electrons. The average molecular weight is 337 g/mol. The molecule has 0 saturated heterocycles. The predicted molar refractivity (Wildman–Crippen MR) is 90.9 cm³/mol. The predicted octanol–water partition coefficient (Wildman–Crippen LogP) is 2.87. The summed E-state index contributed by atoms with van der Waals surface area (Å²) >= 11 is 1.59. The van der Waals surface area contributed by atoms with E-state index in [1.165, 1.54) is 12.8 Å². The van der Waals surface area contributed by atoms with Crippen LogP contribution in [0.4, 0.5) is 0 Å². The molecule has 3 heterocycles. The van der Waals surface area contributed by atoms with Crippen molar-refractivity contribution >= 4 is 28.3 Å². The quantitative estimate of drug-likeness (QED) is 0.455. The molecule has 1 fully saturated rings. The number of aromatic nitrogens is 7. The lowest BCUT2D eigenvalue weighted by atomic mass is 10.2. The molecule has 3 aromatic heterocycles. The highest BCUT2D eigenvalue weighted by molar-refractivity contribution is 7.98. The van der Waals surface area contributed by atoms with Gasteiger partial charge in [0.25, 0.3) is 0 Å². The molecule has 1 N–H and O–H groups in total. The van der Waals surface area contributed by atoms with Gasteiger partial charge in [-0.2, -0.15) is 9.61 Å². The summed E-state index contributed by atoms with van der Waals surface area (Å²) in [5.74, 6) is 3.80. The maximum absolute atomic E-state index is 4.75. The third-order valence-corrected chi connectivity index (χ3v) is 5.02. The van der Waals surface area contributed by atoms with Crippen LogP contribution < -0.4 is 0 Å². The molecule has 4 aromatic rings. The van der Waals surface area contributed by atoms with Gasteiger partial charge in [-0.15, -0.1) is 5.10 Å². The summed E-state index contributed by atoms with van der Waals surface area (Å²) in [5, 5.41) is 13.7. The van der Waals surface area contributed by atoms with Crippen LogP contribution in [0.5, 0.6) is 0 Å². The molecule has 1 aliphatic rings. The van der Waals surface area contributed by atoms with Crippen molar-refractivity contribution in [3.63, 3.8) is 0 Å². The summed E-state index contributed by atoms with van der Waals surface area (Å²) in [6.45, 7) is 1.90. The second kappa shape index (κ2) is 5.27. The maximum atomic E-state index is 4.75. The van der Waals surface area contributed by atoms with E-state index in [0.29, 0.717) is 11.7 Å². The Kier molecular flexibility index (Phi) is 3.05. The number of hydrogen-bond acceptors (Lipinski definition) is 6. The smallest absolute Gasteiger partial charge is 0.191 e. The molecule has 1 aliphatic carbocycles. The Labute approximate surface area is 141 Å². The van der Waals surface area contributed by atoms with E-state index in [9.17, 15) is 0 Å². The van der Waals surface area contributed by atoms with Crippen LogP contribution in [0.2, 0.25) is 0 Å². The van der Waals surface area contributed by atoms with Crippen LogP contribution in [0.1, 0.15) is 36.2 Å². The number of H-pyrrole nitrogens is 1. The van der Waals surface area contributed by atoms with Crippen molar-refractivity contribution in [3.8, 4) is 0 Å². The normalized spacial score (nSPS) is 14.7. The minimum atomic E-state index is 0.559. The Balaban J connectivity index is 1.52. The van der Waals surface area contributed by atoms with Gasteiger partial charge in [-0.3, -0.25) is 5.10 Å². The molecule has 1 saturated carbocycles. The van der Waals surface area contributed by atoms with E-state index in [4.69, 9.17) is 4.98 Å². The highest BCUT2D eigenvalue weighted by atomic mass is 32.2. The van der Waals surface area contributed by atoms with E-state index in [1.807, 2.05) is 35.7 Å². The SMILES string of the molecule is Cc1nc2c3ccccc3nc(SCc3nc(C4CC4)n[nH]3)n2n1. The van der Waals surface area contributed by atoms with E-state index >= 15 is 0 Å². The van der Waals surface area contributed by atoms with Gasteiger partial charge in [0.1, 0.15) is 11.6 Å². The number of fused-ring (bicyclic) bond motifs is 3. The molecule has 0 radical (unpaired) electrons. The number of aryl methyl sites for hydroxylation is 1. The van der Waals surface area contributed by atoms with Crippen LogP contribution in [0, 0.1) is 6.92 Å². The lowest BCUT2D eigenvalue weighted by Crippen LogP contribution is -1.99. The highest BCUT2D eigenvalue weighted by Crippen LogP contribution is 2.38. The third-order valence-electron chi connectivity index (χ3n) is 4.08. The van der Waals surface area contributed by atoms with Gasteiger partial charge in [0.15, 0.2) is 16.6 Å². The fourth-order valence-electron chi connectivity index (χ4n) is 2.76. The molecule has 0 aliphatic heterocycles. The van der Waals surface area contributed by atoms with Crippen molar-refractivity contribution in [1.29, 1.82) is 0 Å². The summed E-state index contributed by atoms with van der Waals surface area (Å²) in [5.41, 5.74) is 1.77. The largest absolute Gasteiger partial charge is 0.262 e. The lowest BCUT2D eigenvalue weighted by Gasteiger charge is -2.05. The zero-order valence-electron chi connectivity index (χ0n) is 13.1. The van der Waals surface area contributed by atoms with Crippen molar-refractivity contribution in [2.45, 2.75) is 36.6 Å². The van der Waals surface area contributed by atoms with Gasteiger partial charge in [-0.25, -0.2) is 15.0 Å². The molecule has 8 heteroatoms.